The van der Waals surface area contributed by atoms with Crippen LogP contribution in [0, 0.1) is 11.6 Å². The number of aryl methyl sites for hydroxylation is 1. The molecule has 1 aromatic heterocycles. The Kier molecular flexibility index (Phi) is 8.02. The minimum atomic E-state index is -0.751. The minimum absolute atomic E-state index is 0.142. The zero-order valence-corrected chi connectivity index (χ0v) is 17.7. The van der Waals surface area contributed by atoms with E-state index in [1.54, 1.807) is 6.07 Å². The van der Waals surface area contributed by atoms with Crippen LogP contribution < -0.4 is 4.74 Å². The van der Waals surface area contributed by atoms with Gasteiger partial charge in [-0.15, -0.1) is 10.2 Å². The third-order valence-electron chi connectivity index (χ3n) is 4.67. The summed E-state index contributed by atoms with van der Waals surface area (Å²) in [5, 5.41) is 9.93. The van der Waals surface area contributed by atoms with E-state index in [9.17, 15) is 13.6 Å². The van der Waals surface area contributed by atoms with E-state index in [0.717, 1.165) is 30.0 Å². The van der Waals surface area contributed by atoms with Crippen LogP contribution in [0.15, 0.2) is 42.5 Å². The van der Waals surface area contributed by atoms with Gasteiger partial charge in [-0.1, -0.05) is 50.4 Å². The first-order valence-corrected chi connectivity index (χ1v) is 11.0. The topological polar surface area (TPSA) is 52.1 Å². The van der Waals surface area contributed by atoms with Crippen molar-refractivity contribution in [1.29, 1.82) is 0 Å². The van der Waals surface area contributed by atoms with E-state index in [1.807, 2.05) is 0 Å². The number of ether oxygens (including phenoxy) is 1. The van der Waals surface area contributed by atoms with Gasteiger partial charge in [-0.25, -0.2) is 13.6 Å². The Morgan fingerprint density at radius 2 is 1.70 bits per heavy atom. The summed E-state index contributed by atoms with van der Waals surface area (Å²) >= 11 is 1.45. The van der Waals surface area contributed by atoms with Crippen LogP contribution in [0.3, 0.4) is 0 Å². The second kappa shape index (κ2) is 10.9. The van der Waals surface area contributed by atoms with Crippen LogP contribution in [0.1, 0.15) is 60.8 Å². The predicted octanol–water partition coefficient (Wildman–Crippen LogP) is 6.61. The van der Waals surface area contributed by atoms with Gasteiger partial charge < -0.3 is 4.74 Å². The van der Waals surface area contributed by atoms with Crippen molar-refractivity contribution in [3.8, 4) is 16.3 Å². The highest BCUT2D eigenvalue weighted by molar-refractivity contribution is 7.14. The number of hydrogen-bond donors (Lipinski definition) is 0. The number of hydrogen-bond acceptors (Lipinski definition) is 5. The first-order chi connectivity index (χ1) is 14.6. The van der Waals surface area contributed by atoms with Crippen molar-refractivity contribution in [1.82, 2.24) is 10.2 Å². The maximum Gasteiger partial charge on any atom is 0.343 e. The molecule has 0 bridgehead atoms. The Labute approximate surface area is 178 Å². The molecule has 0 spiro atoms. The van der Waals surface area contributed by atoms with E-state index < -0.39 is 17.6 Å². The molecule has 30 heavy (non-hydrogen) atoms. The lowest BCUT2D eigenvalue weighted by molar-refractivity contribution is 0.0728. The van der Waals surface area contributed by atoms with Crippen molar-refractivity contribution in [2.45, 2.75) is 51.9 Å². The van der Waals surface area contributed by atoms with Crippen LogP contribution in [0.5, 0.6) is 5.75 Å². The Morgan fingerprint density at radius 1 is 0.967 bits per heavy atom. The fraction of sp³-hybridized carbons (Fsp3) is 0.348. The Balaban J connectivity index is 1.58. The van der Waals surface area contributed by atoms with Crippen LogP contribution in [0.2, 0.25) is 0 Å². The summed E-state index contributed by atoms with van der Waals surface area (Å²) in [7, 11) is 0. The second-order valence-corrected chi connectivity index (χ2v) is 8.12. The number of unbranched alkanes of at least 4 members (excludes halogenated alkanes) is 5. The van der Waals surface area contributed by atoms with Crippen molar-refractivity contribution >= 4 is 17.3 Å². The van der Waals surface area contributed by atoms with Crippen molar-refractivity contribution in [3.63, 3.8) is 0 Å². The molecule has 1 heterocycles. The lowest BCUT2D eigenvalue weighted by Gasteiger charge is -2.06. The molecule has 4 nitrogen and oxygen atoms in total. The molecule has 0 N–H and O–H groups in total. The Bertz CT molecular complexity index is 974. The SMILES string of the molecule is CCCCCCCCc1nnc(-c2ccc(OC(=O)c3ccc(F)cc3)c(F)c2)s1. The first kappa shape index (κ1) is 22.0. The molecule has 0 aliphatic rings. The van der Waals surface area contributed by atoms with Crippen molar-refractivity contribution in [3.05, 3.63) is 64.7 Å². The number of esters is 1. The third kappa shape index (κ3) is 6.16. The quantitative estimate of drug-likeness (QED) is 0.206. The summed E-state index contributed by atoms with van der Waals surface area (Å²) in [6, 6.07) is 9.18. The molecule has 3 rings (SSSR count). The molecule has 0 saturated carbocycles. The van der Waals surface area contributed by atoms with Gasteiger partial charge in [0.15, 0.2) is 11.6 Å². The minimum Gasteiger partial charge on any atom is -0.420 e. The summed E-state index contributed by atoms with van der Waals surface area (Å²) in [4.78, 5) is 12.1. The molecule has 0 saturated heterocycles. The summed E-state index contributed by atoms with van der Waals surface area (Å²) in [6.07, 6.45) is 8.16. The molecular formula is C23H24F2N2O2S. The number of halogens is 2. The van der Waals surface area contributed by atoms with Gasteiger partial charge in [-0.05, 0) is 48.9 Å². The number of aromatic nitrogens is 2. The number of carbonyl (C=O) groups excluding carboxylic acids is 1. The highest BCUT2D eigenvalue weighted by Crippen LogP contribution is 2.29. The van der Waals surface area contributed by atoms with Gasteiger partial charge in [0, 0.05) is 12.0 Å². The number of carbonyl (C=O) groups is 1. The van der Waals surface area contributed by atoms with Gasteiger partial charge >= 0.3 is 5.97 Å². The van der Waals surface area contributed by atoms with E-state index in [4.69, 9.17) is 4.74 Å². The van der Waals surface area contributed by atoms with Gasteiger partial charge in [0.1, 0.15) is 15.8 Å². The Hall–Kier alpha value is -2.67. The molecule has 3 aromatic rings. The number of rotatable bonds is 10. The predicted molar refractivity (Wildman–Crippen MR) is 114 cm³/mol. The molecule has 0 aliphatic heterocycles. The highest BCUT2D eigenvalue weighted by Gasteiger charge is 2.15. The molecule has 7 heteroatoms. The number of nitrogens with zero attached hydrogens (tertiary/aromatic N) is 2. The van der Waals surface area contributed by atoms with Gasteiger partial charge in [0.05, 0.1) is 5.56 Å². The zero-order valence-electron chi connectivity index (χ0n) is 16.9. The van der Waals surface area contributed by atoms with E-state index in [-0.39, 0.29) is 11.3 Å². The summed E-state index contributed by atoms with van der Waals surface area (Å²) in [5.41, 5.74) is 0.726. The average molecular weight is 431 g/mol. The fourth-order valence-corrected chi connectivity index (χ4v) is 3.87. The lowest BCUT2D eigenvalue weighted by Crippen LogP contribution is -2.09. The van der Waals surface area contributed by atoms with Crippen LogP contribution in [0.25, 0.3) is 10.6 Å². The lowest BCUT2D eigenvalue weighted by atomic mass is 10.1. The van der Waals surface area contributed by atoms with Crippen molar-refractivity contribution < 1.29 is 18.3 Å². The smallest absolute Gasteiger partial charge is 0.343 e. The van der Waals surface area contributed by atoms with Gasteiger partial charge in [0.25, 0.3) is 0 Å². The average Bonchev–Trinajstić information content (AvgIpc) is 3.21. The second-order valence-electron chi connectivity index (χ2n) is 7.06. The van der Waals surface area contributed by atoms with Crippen LogP contribution in [-0.2, 0) is 6.42 Å². The summed E-state index contributed by atoms with van der Waals surface area (Å²) in [5.74, 6) is -2.07. The summed E-state index contributed by atoms with van der Waals surface area (Å²) < 4.78 is 32.5. The van der Waals surface area contributed by atoms with Crippen LogP contribution in [0.4, 0.5) is 8.78 Å². The maximum atomic E-state index is 14.5. The molecule has 0 amide bonds. The van der Waals surface area contributed by atoms with Gasteiger partial charge in [0.2, 0.25) is 0 Å². The van der Waals surface area contributed by atoms with Crippen LogP contribution in [-0.4, -0.2) is 16.2 Å². The largest absolute Gasteiger partial charge is 0.420 e. The maximum absolute atomic E-state index is 14.5. The number of benzene rings is 2. The Morgan fingerprint density at radius 3 is 2.43 bits per heavy atom. The van der Waals surface area contributed by atoms with E-state index in [2.05, 4.69) is 17.1 Å². The van der Waals surface area contributed by atoms with E-state index >= 15 is 0 Å². The fourth-order valence-electron chi connectivity index (χ4n) is 2.99. The third-order valence-corrected chi connectivity index (χ3v) is 5.70. The first-order valence-electron chi connectivity index (χ1n) is 10.2. The normalized spacial score (nSPS) is 10.9. The molecule has 0 fully saturated rings. The molecule has 0 unspecified atom stereocenters. The molecule has 0 radical (unpaired) electrons. The summed E-state index contributed by atoms with van der Waals surface area (Å²) in [6.45, 7) is 2.20. The van der Waals surface area contributed by atoms with Gasteiger partial charge in [-0.3, -0.25) is 0 Å². The van der Waals surface area contributed by atoms with Gasteiger partial charge in [-0.2, -0.15) is 0 Å². The van der Waals surface area contributed by atoms with E-state index in [0.29, 0.717) is 10.6 Å². The standard InChI is InChI=1S/C23H24F2N2O2S/c1-2-3-4-5-6-7-8-21-26-27-22(30-21)17-11-14-20(19(25)15-17)29-23(28)16-9-12-18(24)13-10-16/h9-15H,2-8H2,1H3. The molecule has 0 aliphatic carbocycles. The van der Waals surface area contributed by atoms with Crippen molar-refractivity contribution in [2.75, 3.05) is 0 Å². The van der Waals surface area contributed by atoms with Crippen LogP contribution >= 0.6 is 11.3 Å². The monoisotopic (exact) mass is 430 g/mol. The van der Waals surface area contributed by atoms with Crippen molar-refractivity contribution in [2.24, 2.45) is 0 Å². The highest BCUT2D eigenvalue weighted by atomic mass is 32.1. The molecule has 0 atom stereocenters. The zero-order chi connectivity index (χ0) is 21.3. The molecule has 2 aromatic carbocycles. The van der Waals surface area contributed by atoms with E-state index in [1.165, 1.54) is 67.7 Å². The molecular weight excluding hydrogens is 406 g/mol. The molecule has 158 valence electrons.